The molecule has 0 spiro atoms. The zero-order chi connectivity index (χ0) is 19.4. The Labute approximate surface area is 159 Å². The molecule has 4 heteroatoms. The van der Waals surface area contributed by atoms with Crippen LogP contribution in [0.5, 0.6) is 0 Å². The summed E-state index contributed by atoms with van der Waals surface area (Å²) in [4.78, 5) is 23.9. The van der Waals surface area contributed by atoms with E-state index in [0.29, 0.717) is 11.1 Å². The van der Waals surface area contributed by atoms with E-state index < -0.39 is 0 Å². The van der Waals surface area contributed by atoms with Crippen LogP contribution in [-0.4, -0.2) is 11.7 Å². The second-order valence-corrected chi connectivity index (χ2v) is 6.59. The minimum Gasteiger partial charge on any atom is -0.356 e. The Bertz CT molecular complexity index is 992. The summed E-state index contributed by atoms with van der Waals surface area (Å²) in [6, 6.07) is 20.5. The van der Waals surface area contributed by atoms with Crippen molar-refractivity contribution in [2.24, 2.45) is 0 Å². The number of rotatable bonds is 5. The SMILES string of the molecule is CC(=O)c1cccc(Nc2ccc(NC(=O)c3ccc(C)c(C)c3)cc2)c1. The Balaban J connectivity index is 1.68. The van der Waals surface area contributed by atoms with Gasteiger partial charge in [0.25, 0.3) is 5.91 Å². The number of carbonyl (C=O) groups excluding carboxylic acids is 2. The molecule has 0 saturated heterocycles. The van der Waals surface area contributed by atoms with Gasteiger partial charge in [0.15, 0.2) is 5.78 Å². The number of hydrogen-bond donors (Lipinski definition) is 2. The molecule has 0 aliphatic carbocycles. The highest BCUT2D eigenvalue weighted by atomic mass is 16.1. The van der Waals surface area contributed by atoms with Crippen molar-refractivity contribution in [3.05, 3.63) is 89.0 Å². The van der Waals surface area contributed by atoms with E-state index >= 15 is 0 Å². The van der Waals surface area contributed by atoms with Crippen LogP contribution < -0.4 is 10.6 Å². The smallest absolute Gasteiger partial charge is 0.255 e. The van der Waals surface area contributed by atoms with Gasteiger partial charge < -0.3 is 10.6 Å². The molecule has 0 aromatic heterocycles. The number of anilines is 3. The Morgan fingerprint density at radius 3 is 2.07 bits per heavy atom. The molecule has 3 aromatic rings. The van der Waals surface area contributed by atoms with Crippen molar-refractivity contribution in [3.8, 4) is 0 Å². The quantitative estimate of drug-likeness (QED) is 0.592. The van der Waals surface area contributed by atoms with Gasteiger partial charge in [0.1, 0.15) is 0 Å². The summed E-state index contributed by atoms with van der Waals surface area (Å²) < 4.78 is 0. The summed E-state index contributed by atoms with van der Waals surface area (Å²) in [7, 11) is 0. The summed E-state index contributed by atoms with van der Waals surface area (Å²) in [5, 5.41) is 6.17. The molecule has 136 valence electrons. The molecule has 4 nitrogen and oxygen atoms in total. The van der Waals surface area contributed by atoms with Crippen LogP contribution in [-0.2, 0) is 0 Å². The van der Waals surface area contributed by atoms with Crippen LogP contribution in [0.4, 0.5) is 17.1 Å². The van der Waals surface area contributed by atoms with Gasteiger partial charge in [0.2, 0.25) is 0 Å². The number of Topliss-reactive ketones (excluding diaryl/α,β-unsaturated/α-hetero) is 1. The monoisotopic (exact) mass is 358 g/mol. The third-order valence-electron chi connectivity index (χ3n) is 4.47. The van der Waals surface area contributed by atoms with E-state index in [1.54, 1.807) is 13.0 Å². The third kappa shape index (κ3) is 4.61. The van der Waals surface area contributed by atoms with Crippen LogP contribution in [0.1, 0.15) is 38.8 Å². The molecule has 0 unspecified atom stereocenters. The van der Waals surface area contributed by atoms with Crippen LogP contribution >= 0.6 is 0 Å². The number of nitrogens with one attached hydrogen (secondary N) is 2. The fourth-order valence-corrected chi connectivity index (χ4v) is 2.71. The topological polar surface area (TPSA) is 58.2 Å². The summed E-state index contributed by atoms with van der Waals surface area (Å²) in [6.45, 7) is 5.56. The standard InChI is InChI=1S/C23H22N2O2/c1-15-7-8-19(13-16(15)2)23(27)25-21-11-9-20(10-12-21)24-22-6-4-5-18(14-22)17(3)26/h4-14,24H,1-3H3,(H,25,27). The molecule has 1 amide bonds. The number of benzene rings is 3. The average molecular weight is 358 g/mol. The van der Waals surface area contributed by atoms with Gasteiger partial charge in [0, 0.05) is 28.2 Å². The second kappa shape index (κ2) is 7.87. The number of aryl methyl sites for hydroxylation is 2. The predicted molar refractivity (Wildman–Crippen MR) is 110 cm³/mol. The highest BCUT2D eigenvalue weighted by Gasteiger charge is 2.07. The van der Waals surface area contributed by atoms with E-state index in [0.717, 1.165) is 28.2 Å². The van der Waals surface area contributed by atoms with Gasteiger partial charge in [-0.2, -0.15) is 0 Å². The van der Waals surface area contributed by atoms with Gasteiger partial charge in [-0.15, -0.1) is 0 Å². The molecule has 0 aliphatic heterocycles. The lowest BCUT2D eigenvalue weighted by atomic mass is 10.1. The molecule has 0 saturated carbocycles. The van der Waals surface area contributed by atoms with E-state index in [9.17, 15) is 9.59 Å². The number of amides is 1. The van der Waals surface area contributed by atoms with Crippen molar-refractivity contribution in [3.63, 3.8) is 0 Å². The Morgan fingerprint density at radius 1 is 0.704 bits per heavy atom. The molecular formula is C23H22N2O2. The molecule has 3 aromatic carbocycles. The molecule has 0 heterocycles. The minimum atomic E-state index is -0.132. The first-order valence-electron chi connectivity index (χ1n) is 8.79. The van der Waals surface area contributed by atoms with Gasteiger partial charge >= 0.3 is 0 Å². The summed E-state index contributed by atoms with van der Waals surface area (Å²) in [6.07, 6.45) is 0. The predicted octanol–water partition coefficient (Wildman–Crippen LogP) is 5.50. The molecule has 0 atom stereocenters. The zero-order valence-corrected chi connectivity index (χ0v) is 15.7. The first kappa shape index (κ1) is 18.4. The Kier molecular flexibility index (Phi) is 5.36. The second-order valence-electron chi connectivity index (χ2n) is 6.59. The molecule has 0 fully saturated rings. The molecule has 0 aliphatic rings. The van der Waals surface area contributed by atoms with Crippen LogP contribution in [0.15, 0.2) is 66.7 Å². The van der Waals surface area contributed by atoms with E-state index in [2.05, 4.69) is 10.6 Å². The lowest BCUT2D eigenvalue weighted by Crippen LogP contribution is -2.12. The summed E-state index contributed by atoms with van der Waals surface area (Å²) >= 11 is 0. The van der Waals surface area contributed by atoms with Crippen molar-refractivity contribution in [1.29, 1.82) is 0 Å². The highest BCUT2D eigenvalue weighted by Crippen LogP contribution is 2.21. The lowest BCUT2D eigenvalue weighted by molar-refractivity contribution is 0.101. The van der Waals surface area contributed by atoms with E-state index in [-0.39, 0.29) is 11.7 Å². The van der Waals surface area contributed by atoms with Crippen LogP contribution in [0.2, 0.25) is 0 Å². The maximum absolute atomic E-state index is 12.4. The molecule has 3 rings (SSSR count). The number of hydrogen-bond acceptors (Lipinski definition) is 3. The summed E-state index contributed by atoms with van der Waals surface area (Å²) in [5.41, 5.74) is 6.00. The highest BCUT2D eigenvalue weighted by molar-refractivity contribution is 6.04. The molecule has 0 bridgehead atoms. The van der Waals surface area contributed by atoms with Crippen molar-refractivity contribution >= 4 is 28.8 Å². The maximum atomic E-state index is 12.4. The molecule has 0 radical (unpaired) electrons. The first-order valence-corrected chi connectivity index (χ1v) is 8.79. The lowest BCUT2D eigenvalue weighted by Gasteiger charge is -2.10. The van der Waals surface area contributed by atoms with E-state index in [4.69, 9.17) is 0 Å². The van der Waals surface area contributed by atoms with Crippen molar-refractivity contribution in [2.45, 2.75) is 20.8 Å². The largest absolute Gasteiger partial charge is 0.356 e. The Hall–Kier alpha value is -3.40. The molecular weight excluding hydrogens is 336 g/mol. The maximum Gasteiger partial charge on any atom is 0.255 e. The van der Waals surface area contributed by atoms with E-state index in [1.807, 2.05) is 74.5 Å². The van der Waals surface area contributed by atoms with Crippen molar-refractivity contribution in [2.75, 3.05) is 10.6 Å². The number of carbonyl (C=O) groups is 2. The minimum absolute atomic E-state index is 0.0306. The van der Waals surface area contributed by atoms with Crippen LogP contribution in [0.3, 0.4) is 0 Å². The van der Waals surface area contributed by atoms with Crippen LogP contribution in [0.25, 0.3) is 0 Å². The van der Waals surface area contributed by atoms with Gasteiger partial charge in [-0.1, -0.05) is 18.2 Å². The fraction of sp³-hybridized carbons (Fsp3) is 0.130. The van der Waals surface area contributed by atoms with Gasteiger partial charge in [-0.05, 0) is 80.4 Å². The average Bonchev–Trinajstić information content (AvgIpc) is 2.65. The van der Waals surface area contributed by atoms with Crippen LogP contribution in [0, 0.1) is 13.8 Å². The third-order valence-corrected chi connectivity index (χ3v) is 4.47. The Morgan fingerprint density at radius 2 is 1.41 bits per heavy atom. The summed E-state index contributed by atoms with van der Waals surface area (Å²) in [5.74, 6) is -0.101. The molecule has 2 N–H and O–H groups in total. The fourth-order valence-electron chi connectivity index (χ4n) is 2.71. The first-order chi connectivity index (χ1) is 12.9. The number of ketones is 1. The van der Waals surface area contributed by atoms with Gasteiger partial charge in [0.05, 0.1) is 0 Å². The van der Waals surface area contributed by atoms with E-state index in [1.165, 1.54) is 0 Å². The van der Waals surface area contributed by atoms with Gasteiger partial charge in [-0.25, -0.2) is 0 Å². The zero-order valence-electron chi connectivity index (χ0n) is 15.7. The molecule has 27 heavy (non-hydrogen) atoms. The van der Waals surface area contributed by atoms with Crippen molar-refractivity contribution < 1.29 is 9.59 Å². The van der Waals surface area contributed by atoms with Crippen molar-refractivity contribution in [1.82, 2.24) is 0 Å². The van der Waals surface area contributed by atoms with Gasteiger partial charge in [-0.3, -0.25) is 9.59 Å². The normalized spacial score (nSPS) is 10.3.